The maximum Gasteiger partial charge on any atom is 0.163 e. The number of benzene rings is 1. The molecule has 0 radical (unpaired) electrons. The Morgan fingerprint density at radius 3 is 2.68 bits per heavy atom. The van der Waals surface area contributed by atoms with Gasteiger partial charge in [0.1, 0.15) is 12.1 Å². The summed E-state index contributed by atoms with van der Waals surface area (Å²) >= 11 is 0. The number of anilines is 1. The first kappa shape index (κ1) is 14.5. The number of nitrogens with zero attached hydrogens (tertiary/aromatic N) is 5. The van der Waals surface area contributed by atoms with Crippen molar-refractivity contribution in [1.82, 2.24) is 24.6 Å². The lowest BCUT2D eigenvalue weighted by Gasteiger charge is -2.15. The van der Waals surface area contributed by atoms with E-state index >= 15 is 0 Å². The standard InChI is InChI=1S/C16H20N6/c1-21(2)10-13-7-5-4-6-12(13)8-17-15-14-9-20-22(3)16(14)19-11-18-15/h4-7,9,11H,8,10H2,1-3H3,(H,17,18,19). The fraction of sp³-hybridized carbons (Fsp3) is 0.312. The summed E-state index contributed by atoms with van der Waals surface area (Å²) in [6, 6.07) is 8.45. The van der Waals surface area contributed by atoms with Crippen LogP contribution in [0.2, 0.25) is 0 Å². The van der Waals surface area contributed by atoms with E-state index in [1.165, 1.54) is 11.1 Å². The Balaban J connectivity index is 1.83. The summed E-state index contributed by atoms with van der Waals surface area (Å²) in [5.41, 5.74) is 3.42. The third-order valence-corrected chi connectivity index (χ3v) is 3.58. The Kier molecular flexibility index (Phi) is 4.02. The van der Waals surface area contributed by atoms with Crippen LogP contribution in [0.4, 0.5) is 5.82 Å². The zero-order valence-corrected chi connectivity index (χ0v) is 13.1. The van der Waals surface area contributed by atoms with Crippen molar-refractivity contribution >= 4 is 16.9 Å². The molecule has 2 heterocycles. The van der Waals surface area contributed by atoms with Crippen LogP contribution >= 0.6 is 0 Å². The Morgan fingerprint density at radius 2 is 1.91 bits per heavy atom. The lowest BCUT2D eigenvalue weighted by molar-refractivity contribution is 0.401. The van der Waals surface area contributed by atoms with Crippen LogP contribution in [0, 0.1) is 0 Å². The number of hydrogen-bond acceptors (Lipinski definition) is 5. The molecule has 22 heavy (non-hydrogen) atoms. The number of nitrogens with one attached hydrogen (secondary N) is 1. The topological polar surface area (TPSA) is 58.9 Å². The van der Waals surface area contributed by atoms with Crippen LogP contribution in [0.5, 0.6) is 0 Å². The van der Waals surface area contributed by atoms with Crippen LogP contribution in [-0.4, -0.2) is 38.7 Å². The molecule has 0 saturated heterocycles. The van der Waals surface area contributed by atoms with Gasteiger partial charge in [-0.25, -0.2) is 9.97 Å². The van der Waals surface area contributed by atoms with Gasteiger partial charge in [0.05, 0.1) is 11.6 Å². The Labute approximate surface area is 129 Å². The number of fused-ring (bicyclic) bond motifs is 1. The molecule has 114 valence electrons. The summed E-state index contributed by atoms with van der Waals surface area (Å²) in [6.45, 7) is 1.65. The first-order valence-electron chi connectivity index (χ1n) is 7.23. The Hall–Kier alpha value is -2.47. The minimum absolute atomic E-state index is 0.727. The van der Waals surface area contributed by atoms with Gasteiger partial charge in [-0.3, -0.25) is 4.68 Å². The molecule has 0 aliphatic rings. The third-order valence-electron chi connectivity index (χ3n) is 3.58. The van der Waals surface area contributed by atoms with Gasteiger partial charge in [0.25, 0.3) is 0 Å². The van der Waals surface area contributed by atoms with Crippen molar-refractivity contribution in [2.45, 2.75) is 13.1 Å². The molecule has 6 nitrogen and oxygen atoms in total. The van der Waals surface area contributed by atoms with Crippen LogP contribution in [0.25, 0.3) is 11.0 Å². The second kappa shape index (κ2) is 6.11. The Morgan fingerprint density at radius 1 is 1.14 bits per heavy atom. The molecule has 0 unspecified atom stereocenters. The highest BCUT2D eigenvalue weighted by atomic mass is 15.3. The molecule has 2 aromatic heterocycles. The zero-order valence-electron chi connectivity index (χ0n) is 13.1. The number of aryl methyl sites for hydroxylation is 1. The SMILES string of the molecule is CN(C)Cc1ccccc1CNc1ncnc2c1cnn2C. The molecule has 0 fully saturated rings. The smallest absolute Gasteiger partial charge is 0.163 e. The van der Waals surface area contributed by atoms with E-state index in [1.807, 2.05) is 7.05 Å². The summed E-state index contributed by atoms with van der Waals surface area (Å²) in [4.78, 5) is 10.8. The normalized spacial score (nSPS) is 11.3. The monoisotopic (exact) mass is 296 g/mol. The van der Waals surface area contributed by atoms with Gasteiger partial charge in [0.2, 0.25) is 0 Å². The van der Waals surface area contributed by atoms with Crippen LogP contribution in [0.3, 0.4) is 0 Å². The lowest BCUT2D eigenvalue weighted by atomic mass is 10.1. The van der Waals surface area contributed by atoms with Gasteiger partial charge < -0.3 is 10.2 Å². The van der Waals surface area contributed by atoms with Crippen LogP contribution in [0.1, 0.15) is 11.1 Å². The fourth-order valence-corrected chi connectivity index (χ4v) is 2.51. The first-order chi connectivity index (χ1) is 10.6. The Bertz CT molecular complexity index is 777. The largest absolute Gasteiger partial charge is 0.365 e. The third kappa shape index (κ3) is 2.92. The van der Waals surface area contributed by atoms with Gasteiger partial charge in [0.15, 0.2) is 5.65 Å². The van der Waals surface area contributed by atoms with Crippen molar-refractivity contribution in [3.05, 3.63) is 47.9 Å². The average molecular weight is 296 g/mol. The van der Waals surface area contributed by atoms with E-state index in [2.05, 4.69) is 63.6 Å². The predicted octanol–water partition coefficient (Wildman–Crippen LogP) is 2.04. The summed E-state index contributed by atoms with van der Waals surface area (Å²) in [7, 11) is 6.03. The molecule has 0 atom stereocenters. The van der Waals surface area contributed by atoms with Crippen molar-refractivity contribution in [3.63, 3.8) is 0 Å². The van der Waals surface area contributed by atoms with Crippen LogP contribution in [0.15, 0.2) is 36.8 Å². The molecule has 0 saturated carbocycles. The molecule has 0 amide bonds. The van der Waals surface area contributed by atoms with Crippen molar-refractivity contribution in [2.24, 2.45) is 7.05 Å². The van der Waals surface area contributed by atoms with E-state index in [9.17, 15) is 0 Å². The quantitative estimate of drug-likeness (QED) is 0.781. The molecule has 0 aliphatic carbocycles. The molecule has 0 aliphatic heterocycles. The second-order valence-electron chi connectivity index (χ2n) is 5.59. The highest BCUT2D eigenvalue weighted by Crippen LogP contribution is 2.19. The van der Waals surface area contributed by atoms with Crippen LogP contribution in [-0.2, 0) is 20.1 Å². The van der Waals surface area contributed by atoms with Gasteiger partial charge >= 0.3 is 0 Å². The molecule has 1 aromatic carbocycles. The second-order valence-corrected chi connectivity index (χ2v) is 5.59. The number of aromatic nitrogens is 4. The van der Waals surface area contributed by atoms with E-state index in [4.69, 9.17) is 0 Å². The van der Waals surface area contributed by atoms with Gasteiger partial charge in [-0.15, -0.1) is 0 Å². The van der Waals surface area contributed by atoms with E-state index in [1.54, 1.807) is 17.2 Å². The predicted molar refractivity (Wildman–Crippen MR) is 87.5 cm³/mol. The summed E-state index contributed by atoms with van der Waals surface area (Å²) in [5.74, 6) is 0.817. The fourth-order valence-electron chi connectivity index (χ4n) is 2.51. The summed E-state index contributed by atoms with van der Waals surface area (Å²) in [5, 5.41) is 8.58. The first-order valence-corrected chi connectivity index (χ1v) is 7.23. The van der Waals surface area contributed by atoms with E-state index in [0.29, 0.717) is 0 Å². The van der Waals surface area contributed by atoms with E-state index < -0.39 is 0 Å². The van der Waals surface area contributed by atoms with Crippen molar-refractivity contribution in [1.29, 1.82) is 0 Å². The number of rotatable bonds is 5. The van der Waals surface area contributed by atoms with E-state index in [0.717, 1.165) is 29.9 Å². The summed E-state index contributed by atoms with van der Waals surface area (Å²) < 4.78 is 1.75. The lowest BCUT2D eigenvalue weighted by Crippen LogP contribution is -2.13. The van der Waals surface area contributed by atoms with Gasteiger partial charge in [-0.05, 0) is 25.2 Å². The van der Waals surface area contributed by atoms with E-state index in [-0.39, 0.29) is 0 Å². The minimum Gasteiger partial charge on any atom is -0.365 e. The molecule has 3 aromatic rings. The van der Waals surface area contributed by atoms with Gasteiger partial charge in [-0.2, -0.15) is 5.10 Å². The van der Waals surface area contributed by atoms with Crippen LogP contribution < -0.4 is 5.32 Å². The maximum atomic E-state index is 4.34. The molecule has 3 rings (SSSR count). The molecular weight excluding hydrogens is 276 g/mol. The van der Waals surface area contributed by atoms with Crippen molar-refractivity contribution in [2.75, 3.05) is 19.4 Å². The average Bonchev–Trinajstić information content (AvgIpc) is 2.88. The molecule has 0 spiro atoms. The molecule has 0 bridgehead atoms. The maximum absolute atomic E-state index is 4.34. The highest BCUT2D eigenvalue weighted by molar-refractivity contribution is 5.85. The minimum atomic E-state index is 0.727. The number of hydrogen-bond donors (Lipinski definition) is 1. The molecule has 6 heteroatoms. The highest BCUT2D eigenvalue weighted by Gasteiger charge is 2.08. The van der Waals surface area contributed by atoms with Gasteiger partial charge in [0, 0.05) is 20.1 Å². The van der Waals surface area contributed by atoms with Crippen molar-refractivity contribution < 1.29 is 0 Å². The zero-order chi connectivity index (χ0) is 15.5. The van der Waals surface area contributed by atoms with Crippen molar-refractivity contribution in [3.8, 4) is 0 Å². The molecular formula is C16H20N6. The summed E-state index contributed by atoms with van der Waals surface area (Å²) in [6.07, 6.45) is 3.36. The van der Waals surface area contributed by atoms with Gasteiger partial charge in [-0.1, -0.05) is 24.3 Å². The molecule has 1 N–H and O–H groups in total.